The summed E-state index contributed by atoms with van der Waals surface area (Å²) in [7, 11) is 1.69. The summed E-state index contributed by atoms with van der Waals surface area (Å²) in [6.45, 7) is 0. The van der Waals surface area contributed by atoms with Crippen LogP contribution in [-0.2, 0) is 0 Å². The Hall–Kier alpha value is -1.64. The second-order valence-electron chi connectivity index (χ2n) is 6.04. The van der Waals surface area contributed by atoms with Gasteiger partial charge in [0.25, 0.3) is 0 Å². The van der Waals surface area contributed by atoms with Gasteiger partial charge in [0.05, 0.1) is 18.8 Å². The molecular formula is C19H17Cl2NO. The molecule has 0 saturated carbocycles. The second kappa shape index (κ2) is 5.77. The number of ether oxygens (including phenoxy) is 1. The zero-order valence-corrected chi connectivity index (χ0v) is 14.2. The van der Waals surface area contributed by atoms with Crippen molar-refractivity contribution in [2.24, 2.45) is 5.92 Å². The van der Waals surface area contributed by atoms with Crippen molar-refractivity contribution in [2.75, 3.05) is 12.4 Å². The number of hydrogen-bond acceptors (Lipinski definition) is 2. The van der Waals surface area contributed by atoms with Crippen LogP contribution in [0, 0.1) is 5.92 Å². The molecule has 0 spiro atoms. The number of halogens is 2. The number of methoxy groups -OCH3 is 1. The van der Waals surface area contributed by atoms with Gasteiger partial charge in [-0.25, -0.2) is 0 Å². The van der Waals surface area contributed by atoms with Crippen molar-refractivity contribution in [3.8, 4) is 5.75 Å². The second-order valence-corrected chi connectivity index (χ2v) is 6.85. The van der Waals surface area contributed by atoms with E-state index in [1.807, 2.05) is 30.3 Å². The summed E-state index contributed by atoms with van der Waals surface area (Å²) in [5.74, 6) is 1.52. The van der Waals surface area contributed by atoms with Crippen LogP contribution in [0.15, 0.2) is 48.6 Å². The van der Waals surface area contributed by atoms with E-state index in [1.54, 1.807) is 7.11 Å². The highest BCUT2D eigenvalue weighted by molar-refractivity contribution is 6.32. The Bertz CT molecular complexity index is 787. The molecule has 0 aromatic heterocycles. The van der Waals surface area contributed by atoms with Gasteiger partial charge in [0, 0.05) is 21.5 Å². The summed E-state index contributed by atoms with van der Waals surface area (Å²) >= 11 is 13.0. The summed E-state index contributed by atoms with van der Waals surface area (Å²) in [6, 6.07) is 12.0. The van der Waals surface area contributed by atoms with Crippen LogP contribution in [-0.4, -0.2) is 7.11 Å². The molecule has 1 aliphatic carbocycles. The molecule has 0 fully saturated rings. The third-order valence-corrected chi connectivity index (χ3v) is 5.56. The highest BCUT2D eigenvalue weighted by Gasteiger charge is 2.40. The Morgan fingerprint density at radius 3 is 2.70 bits per heavy atom. The number of benzene rings is 2. The van der Waals surface area contributed by atoms with Crippen molar-refractivity contribution >= 4 is 28.9 Å². The van der Waals surface area contributed by atoms with Crippen LogP contribution < -0.4 is 10.1 Å². The molecule has 0 saturated heterocycles. The molecule has 1 heterocycles. The fraction of sp³-hybridized carbons (Fsp3) is 0.263. The average molecular weight is 346 g/mol. The Balaban J connectivity index is 1.88. The van der Waals surface area contributed by atoms with Crippen LogP contribution in [0.1, 0.15) is 29.5 Å². The van der Waals surface area contributed by atoms with Gasteiger partial charge < -0.3 is 10.1 Å². The fourth-order valence-electron chi connectivity index (χ4n) is 3.84. The first-order valence-corrected chi connectivity index (χ1v) is 8.50. The van der Waals surface area contributed by atoms with Gasteiger partial charge >= 0.3 is 0 Å². The van der Waals surface area contributed by atoms with Gasteiger partial charge in [-0.3, -0.25) is 0 Å². The number of allylic oxidation sites excluding steroid dienone is 2. The standard InChI is InChI=1S/C19H17Cl2NO/c1-23-16-10-9-15(21)17-11-6-4-7-12(11)18(22-19(16)17)13-5-2-3-8-14(13)20/h2-6,8-12,18,22H,7H2,1H3/t11-,12+,18+/m1/s1. The van der Waals surface area contributed by atoms with Crippen molar-refractivity contribution in [2.45, 2.75) is 18.4 Å². The normalized spacial score (nSPS) is 24.7. The molecule has 2 nitrogen and oxygen atoms in total. The lowest BCUT2D eigenvalue weighted by Crippen LogP contribution is -2.29. The molecule has 1 aliphatic heterocycles. The first kappa shape index (κ1) is 14.9. The van der Waals surface area contributed by atoms with Crippen molar-refractivity contribution in [3.05, 3.63) is 69.7 Å². The molecule has 118 valence electrons. The van der Waals surface area contributed by atoms with Gasteiger partial charge in [-0.1, -0.05) is 53.6 Å². The number of nitrogens with one attached hydrogen (secondary N) is 1. The molecule has 3 atom stereocenters. The number of fused-ring (bicyclic) bond motifs is 3. The smallest absolute Gasteiger partial charge is 0.142 e. The lowest BCUT2D eigenvalue weighted by atomic mass is 9.77. The minimum Gasteiger partial charge on any atom is -0.495 e. The molecule has 2 aromatic carbocycles. The summed E-state index contributed by atoms with van der Waals surface area (Å²) in [5, 5.41) is 5.23. The number of hydrogen-bond donors (Lipinski definition) is 1. The van der Waals surface area contributed by atoms with E-state index >= 15 is 0 Å². The van der Waals surface area contributed by atoms with Crippen molar-refractivity contribution < 1.29 is 4.74 Å². The Labute approximate surface area is 146 Å². The van der Waals surface area contributed by atoms with Crippen LogP contribution in [0.2, 0.25) is 10.0 Å². The average Bonchev–Trinajstić information content (AvgIpc) is 3.04. The van der Waals surface area contributed by atoms with Crippen molar-refractivity contribution in [3.63, 3.8) is 0 Å². The van der Waals surface area contributed by atoms with E-state index in [0.717, 1.165) is 39.0 Å². The molecule has 0 radical (unpaired) electrons. The van der Waals surface area contributed by atoms with Gasteiger partial charge in [0.1, 0.15) is 5.75 Å². The number of anilines is 1. The van der Waals surface area contributed by atoms with E-state index in [2.05, 4.69) is 23.5 Å². The highest BCUT2D eigenvalue weighted by atomic mass is 35.5. The first-order chi connectivity index (χ1) is 11.2. The quantitative estimate of drug-likeness (QED) is 0.691. The fourth-order valence-corrected chi connectivity index (χ4v) is 4.38. The highest BCUT2D eigenvalue weighted by Crippen LogP contribution is 2.54. The predicted molar refractivity (Wildman–Crippen MR) is 95.8 cm³/mol. The van der Waals surface area contributed by atoms with E-state index in [4.69, 9.17) is 27.9 Å². The van der Waals surface area contributed by atoms with Gasteiger partial charge in [0.2, 0.25) is 0 Å². The molecular weight excluding hydrogens is 329 g/mol. The van der Waals surface area contributed by atoms with Gasteiger partial charge in [-0.15, -0.1) is 0 Å². The molecule has 2 aromatic rings. The topological polar surface area (TPSA) is 21.3 Å². The predicted octanol–water partition coefficient (Wildman–Crippen LogP) is 5.83. The number of rotatable bonds is 2. The molecule has 4 heteroatoms. The van der Waals surface area contributed by atoms with Crippen molar-refractivity contribution in [1.82, 2.24) is 0 Å². The maximum Gasteiger partial charge on any atom is 0.142 e. The van der Waals surface area contributed by atoms with Gasteiger partial charge in [-0.2, -0.15) is 0 Å². The lowest BCUT2D eigenvalue weighted by Gasteiger charge is -2.38. The molecule has 23 heavy (non-hydrogen) atoms. The van der Waals surface area contributed by atoms with Crippen LogP contribution in [0.25, 0.3) is 0 Å². The molecule has 2 aliphatic rings. The third-order valence-electron chi connectivity index (χ3n) is 4.89. The van der Waals surface area contributed by atoms with E-state index in [0.29, 0.717) is 5.92 Å². The van der Waals surface area contributed by atoms with Crippen LogP contribution in [0.4, 0.5) is 5.69 Å². The van der Waals surface area contributed by atoms with Crippen LogP contribution in [0.5, 0.6) is 5.75 Å². The molecule has 1 N–H and O–H groups in total. The van der Waals surface area contributed by atoms with Crippen LogP contribution >= 0.6 is 23.2 Å². The monoisotopic (exact) mass is 345 g/mol. The maximum absolute atomic E-state index is 6.51. The summed E-state index contributed by atoms with van der Waals surface area (Å²) in [4.78, 5) is 0. The maximum atomic E-state index is 6.51. The Kier molecular flexibility index (Phi) is 3.74. The molecule has 0 amide bonds. The zero-order chi connectivity index (χ0) is 16.0. The molecule has 4 rings (SSSR count). The zero-order valence-electron chi connectivity index (χ0n) is 12.7. The van der Waals surface area contributed by atoms with Crippen LogP contribution in [0.3, 0.4) is 0 Å². The van der Waals surface area contributed by atoms with Gasteiger partial charge in [-0.05, 0) is 36.1 Å². The third kappa shape index (κ3) is 2.32. The first-order valence-electron chi connectivity index (χ1n) is 7.74. The lowest BCUT2D eigenvalue weighted by molar-refractivity contribution is 0.397. The van der Waals surface area contributed by atoms with E-state index in [9.17, 15) is 0 Å². The summed E-state index contributed by atoms with van der Waals surface area (Å²) < 4.78 is 5.55. The van der Waals surface area contributed by atoms with E-state index in [-0.39, 0.29) is 12.0 Å². The van der Waals surface area contributed by atoms with E-state index < -0.39 is 0 Å². The molecule has 0 bridgehead atoms. The SMILES string of the molecule is COc1ccc(Cl)c2c1N[C@H](c1ccccc1Cl)[C@H]1CC=C[C@@H]21. The Morgan fingerprint density at radius 2 is 1.91 bits per heavy atom. The Morgan fingerprint density at radius 1 is 1.09 bits per heavy atom. The largest absolute Gasteiger partial charge is 0.495 e. The van der Waals surface area contributed by atoms with Gasteiger partial charge in [0.15, 0.2) is 0 Å². The minimum atomic E-state index is 0.142. The molecule has 0 unspecified atom stereocenters. The summed E-state index contributed by atoms with van der Waals surface area (Å²) in [6.07, 6.45) is 5.52. The minimum absolute atomic E-state index is 0.142. The van der Waals surface area contributed by atoms with E-state index in [1.165, 1.54) is 0 Å². The summed E-state index contributed by atoms with van der Waals surface area (Å²) in [5.41, 5.74) is 3.24. The van der Waals surface area contributed by atoms with Crippen molar-refractivity contribution in [1.29, 1.82) is 0 Å².